The lowest BCUT2D eigenvalue weighted by molar-refractivity contribution is -0.121. The van der Waals surface area contributed by atoms with E-state index in [0.717, 1.165) is 11.3 Å². The molecule has 1 aromatic rings. The van der Waals surface area contributed by atoms with Crippen LogP contribution in [0.25, 0.3) is 0 Å². The zero-order valence-electron chi connectivity index (χ0n) is 10.0. The van der Waals surface area contributed by atoms with Crippen LogP contribution in [-0.4, -0.2) is 18.3 Å². The third-order valence-corrected chi connectivity index (χ3v) is 3.10. The minimum Gasteiger partial charge on any atom is -0.312 e. The molecule has 1 unspecified atom stereocenters. The third kappa shape index (κ3) is 2.76. The molecule has 0 aromatic heterocycles. The molecule has 16 heavy (non-hydrogen) atoms. The molecule has 1 rings (SSSR count). The van der Waals surface area contributed by atoms with E-state index < -0.39 is 0 Å². The number of halogens is 1. The van der Waals surface area contributed by atoms with Gasteiger partial charge in [0.25, 0.3) is 0 Å². The van der Waals surface area contributed by atoms with E-state index in [1.807, 2.05) is 45.0 Å². The van der Waals surface area contributed by atoms with E-state index in [-0.39, 0.29) is 11.8 Å². The first kappa shape index (κ1) is 13.0. The normalized spacial score (nSPS) is 12.2. The highest BCUT2D eigenvalue weighted by Crippen LogP contribution is 2.21. The van der Waals surface area contributed by atoms with E-state index >= 15 is 0 Å². The highest BCUT2D eigenvalue weighted by Gasteiger charge is 2.20. The van der Waals surface area contributed by atoms with Gasteiger partial charge in [-0.3, -0.25) is 4.79 Å². The second-order valence-electron chi connectivity index (χ2n) is 3.92. The van der Waals surface area contributed by atoms with Gasteiger partial charge in [-0.15, -0.1) is 11.6 Å². The van der Waals surface area contributed by atoms with E-state index in [2.05, 4.69) is 0 Å². The smallest absolute Gasteiger partial charge is 0.231 e. The van der Waals surface area contributed by atoms with Gasteiger partial charge in [-0.05, 0) is 25.5 Å². The molecule has 1 aromatic carbocycles. The maximum absolute atomic E-state index is 12.1. The summed E-state index contributed by atoms with van der Waals surface area (Å²) in [6.07, 6.45) is 0. The van der Waals surface area contributed by atoms with Gasteiger partial charge in [0.2, 0.25) is 5.91 Å². The number of anilines is 1. The summed E-state index contributed by atoms with van der Waals surface area (Å²) in [5.41, 5.74) is 2.09. The number of rotatable bonds is 4. The van der Waals surface area contributed by atoms with Gasteiger partial charge in [0.15, 0.2) is 0 Å². The molecule has 0 saturated carbocycles. The molecule has 0 spiro atoms. The van der Waals surface area contributed by atoms with Crippen molar-refractivity contribution in [3.8, 4) is 0 Å². The maximum Gasteiger partial charge on any atom is 0.231 e. The van der Waals surface area contributed by atoms with Crippen LogP contribution in [0.5, 0.6) is 0 Å². The number of para-hydroxylation sites is 1. The summed E-state index contributed by atoms with van der Waals surface area (Å²) < 4.78 is 0. The summed E-state index contributed by atoms with van der Waals surface area (Å²) in [6, 6.07) is 7.90. The Morgan fingerprint density at radius 2 is 2.06 bits per heavy atom. The Labute approximate surface area is 102 Å². The van der Waals surface area contributed by atoms with Gasteiger partial charge in [0.05, 0.1) is 0 Å². The van der Waals surface area contributed by atoms with Gasteiger partial charge in [-0.1, -0.05) is 25.1 Å². The highest BCUT2D eigenvalue weighted by atomic mass is 35.5. The summed E-state index contributed by atoms with van der Waals surface area (Å²) in [4.78, 5) is 13.9. The number of alkyl halides is 1. The van der Waals surface area contributed by atoms with Crippen molar-refractivity contribution >= 4 is 23.2 Å². The quantitative estimate of drug-likeness (QED) is 0.739. The molecule has 0 saturated heterocycles. The number of aryl methyl sites for hydroxylation is 1. The van der Waals surface area contributed by atoms with E-state index in [1.165, 1.54) is 0 Å². The Bertz CT molecular complexity index is 365. The average molecular weight is 240 g/mol. The lowest BCUT2D eigenvalue weighted by Gasteiger charge is -2.25. The van der Waals surface area contributed by atoms with Crippen LogP contribution in [0.15, 0.2) is 24.3 Å². The van der Waals surface area contributed by atoms with Crippen LogP contribution in [0.4, 0.5) is 5.69 Å². The first-order chi connectivity index (χ1) is 7.61. The third-order valence-electron chi connectivity index (χ3n) is 2.64. The van der Waals surface area contributed by atoms with Gasteiger partial charge >= 0.3 is 0 Å². The summed E-state index contributed by atoms with van der Waals surface area (Å²) in [7, 11) is 0. The van der Waals surface area contributed by atoms with E-state index in [9.17, 15) is 4.79 Å². The first-order valence-electron chi connectivity index (χ1n) is 5.54. The first-order valence-corrected chi connectivity index (χ1v) is 6.08. The maximum atomic E-state index is 12.1. The fourth-order valence-corrected chi connectivity index (χ4v) is 1.78. The van der Waals surface area contributed by atoms with Crippen LogP contribution in [0.1, 0.15) is 19.4 Å². The number of hydrogen-bond acceptors (Lipinski definition) is 1. The average Bonchev–Trinajstić information content (AvgIpc) is 2.31. The number of nitrogens with zero attached hydrogens (tertiary/aromatic N) is 1. The second-order valence-corrected chi connectivity index (χ2v) is 4.23. The zero-order chi connectivity index (χ0) is 12.1. The molecule has 1 amide bonds. The summed E-state index contributed by atoms with van der Waals surface area (Å²) in [6.45, 7) is 6.52. The zero-order valence-corrected chi connectivity index (χ0v) is 10.8. The van der Waals surface area contributed by atoms with Crippen LogP contribution in [0.2, 0.25) is 0 Å². The molecular formula is C13H18ClNO. The molecule has 0 aliphatic heterocycles. The van der Waals surface area contributed by atoms with Crippen LogP contribution in [0, 0.1) is 12.8 Å². The van der Waals surface area contributed by atoms with Crippen molar-refractivity contribution in [3.63, 3.8) is 0 Å². The Kier molecular flexibility index (Phi) is 4.81. The van der Waals surface area contributed by atoms with Crippen LogP contribution in [0.3, 0.4) is 0 Å². The topological polar surface area (TPSA) is 20.3 Å². The van der Waals surface area contributed by atoms with Crippen molar-refractivity contribution in [1.82, 2.24) is 0 Å². The van der Waals surface area contributed by atoms with Gasteiger partial charge in [0.1, 0.15) is 0 Å². The Balaban J connectivity index is 2.99. The summed E-state index contributed by atoms with van der Waals surface area (Å²) in [5, 5.41) is 0. The fourth-order valence-electron chi connectivity index (χ4n) is 1.64. The van der Waals surface area contributed by atoms with E-state index in [4.69, 9.17) is 11.6 Å². The standard InChI is InChI=1S/C13H18ClNO/c1-4-15(13(16)11(3)9-14)12-8-6-5-7-10(12)2/h5-8,11H,4,9H2,1-3H3. The molecule has 0 aliphatic carbocycles. The molecule has 3 heteroatoms. The minimum absolute atomic E-state index is 0.0896. The number of hydrogen-bond donors (Lipinski definition) is 0. The molecule has 1 atom stereocenters. The van der Waals surface area contributed by atoms with Crippen LogP contribution >= 0.6 is 11.6 Å². The predicted molar refractivity (Wildman–Crippen MR) is 69.1 cm³/mol. The van der Waals surface area contributed by atoms with Crippen molar-refractivity contribution in [2.24, 2.45) is 5.92 Å². The van der Waals surface area contributed by atoms with Crippen LogP contribution < -0.4 is 4.90 Å². The Morgan fingerprint density at radius 1 is 1.44 bits per heavy atom. The summed E-state index contributed by atoms with van der Waals surface area (Å²) in [5.74, 6) is 0.314. The van der Waals surface area contributed by atoms with Crippen molar-refractivity contribution in [1.29, 1.82) is 0 Å². The lowest BCUT2D eigenvalue weighted by atomic mass is 10.1. The van der Waals surface area contributed by atoms with Crippen molar-refractivity contribution in [2.75, 3.05) is 17.3 Å². The molecule has 0 fully saturated rings. The number of carbonyl (C=O) groups excluding carboxylic acids is 1. The molecular weight excluding hydrogens is 222 g/mol. The molecule has 2 nitrogen and oxygen atoms in total. The molecule has 0 radical (unpaired) electrons. The van der Waals surface area contributed by atoms with Crippen molar-refractivity contribution in [3.05, 3.63) is 29.8 Å². The van der Waals surface area contributed by atoms with Crippen molar-refractivity contribution in [2.45, 2.75) is 20.8 Å². The molecule has 88 valence electrons. The van der Waals surface area contributed by atoms with E-state index in [0.29, 0.717) is 12.4 Å². The van der Waals surface area contributed by atoms with E-state index in [1.54, 1.807) is 4.90 Å². The minimum atomic E-state index is -0.138. The molecule has 0 bridgehead atoms. The number of benzene rings is 1. The van der Waals surface area contributed by atoms with Gasteiger partial charge in [-0.25, -0.2) is 0 Å². The fraction of sp³-hybridized carbons (Fsp3) is 0.462. The largest absolute Gasteiger partial charge is 0.312 e. The van der Waals surface area contributed by atoms with Crippen LogP contribution in [-0.2, 0) is 4.79 Å². The van der Waals surface area contributed by atoms with Gasteiger partial charge in [-0.2, -0.15) is 0 Å². The van der Waals surface area contributed by atoms with Gasteiger partial charge in [0, 0.05) is 24.0 Å². The second kappa shape index (κ2) is 5.90. The van der Waals surface area contributed by atoms with Gasteiger partial charge < -0.3 is 4.90 Å². The van der Waals surface area contributed by atoms with Crippen molar-refractivity contribution < 1.29 is 4.79 Å². The Morgan fingerprint density at radius 3 is 2.56 bits per heavy atom. The Hall–Kier alpha value is -1.02. The molecule has 0 heterocycles. The molecule has 0 aliphatic rings. The number of amides is 1. The predicted octanol–water partition coefficient (Wildman–Crippen LogP) is 3.22. The highest BCUT2D eigenvalue weighted by molar-refractivity contribution is 6.19. The molecule has 0 N–H and O–H groups in total. The SMILES string of the molecule is CCN(C(=O)C(C)CCl)c1ccccc1C. The summed E-state index contributed by atoms with van der Waals surface area (Å²) >= 11 is 5.73. The lowest BCUT2D eigenvalue weighted by Crippen LogP contribution is -2.36. The monoisotopic (exact) mass is 239 g/mol. The number of carbonyl (C=O) groups is 1.